The highest BCUT2D eigenvalue weighted by Crippen LogP contribution is 2.28. The Kier molecular flexibility index (Phi) is 5.53. The Morgan fingerprint density at radius 2 is 1.91 bits per heavy atom. The fourth-order valence-electron chi connectivity index (χ4n) is 3.89. The number of rotatable bonds is 6. The number of anilines is 1. The second kappa shape index (κ2) is 8.64. The lowest BCUT2D eigenvalue weighted by Gasteiger charge is -2.30. The number of nitrogens with zero attached hydrogens (tertiary/aromatic N) is 8. The first kappa shape index (κ1) is 21.1. The topological polar surface area (TPSA) is 117 Å². The molecule has 0 atom stereocenters. The van der Waals surface area contributed by atoms with Crippen LogP contribution in [0.3, 0.4) is 0 Å². The maximum absolute atomic E-state index is 6.26. The summed E-state index contributed by atoms with van der Waals surface area (Å²) in [7, 11) is 1.60. The van der Waals surface area contributed by atoms with Crippen LogP contribution in [0.4, 0.5) is 6.01 Å². The van der Waals surface area contributed by atoms with Gasteiger partial charge in [-0.1, -0.05) is 19.0 Å². The summed E-state index contributed by atoms with van der Waals surface area (Å²) in [6.45, 7) is 7.55. The normalized spacial score (nSPS) is 14.9. The molecular formula is C22H26N8O3. The molecule has 5 rings (SSSR count). The van der Waals surface area contributed by atoms with Gasteiger partial charge in [-0.3, -0.25) is 4.57 Å². The van der Waals surface area contributed by atoms with Crippen molar-refractivity contribution in [1.29, 1.82) is 0 Å². The lowest BCUT2D eigenvalue weighted by Crippen LogP contribution is -2.38. The highest BCUT2D eigenvalue weighted by molar-refractivity contribution is 5.78. The summed E-state index contributed by atoms with van der Waals surface area (Å²) < 4.78 is 18.8. The third-order valence-corrected chi connectivity index (χ3v) is 5.74. The Hall–Kier alpha value is -3.76. The van der Waals surface area contributed by atoms with Gasteiger partial charge in [-0.15, -0.1) is 0 Å². The van der Waals surface area contributed by atoms with Crippen LogP contribution in [0, 0.1) is 6.92 Å². The Morgan fingerprint density at radius 3 is 2.61 bits per heavy atom. The van der Waals surface area contributed by atoms with Crippen LogP contribution in [0.5, 0.6) is 11.8 Å². The number of fused-ring (bicyclic) bond motifs is 1. The van der Waals surface area contributed by atoms with Crippen molar-refractivity contribution in [2.75, 3.05) is 25.1 Å². The molecule has 0 amide bonds. The van der Waals surface area contributed by atoms with Crippen molar-refractivity contribution in [3.8, 4) is 17.4 Å². The van der Waals surface area contributed by atoms with Crippen molar-refractivity contribution in [3.05, 3.63) is 36.3 Å². The summed E-state index contributed by atoms with van der Waals surface area (Å²) in [4.78, 5) is 24.4. The molecule has 4 aromatic heterocycles. The molecule has 1 fully saturated rings. The minimum Gasteiger partial charge on any atom is -0.481 e. The lowest BCUT2D eigenvalue weighted by molar-refractivity contribution is 0.163. The van der Waals surface area contributed by atoms with Crippen LogP contribution in [0.15, 0.2) is 29.3 Å². The van der Waals surface area contributed by atoms with E-state index in [1.807, 2.05) is 37.5 Å². The molecule has 0 radical (unpaired) electrons. The first-order valence-corrected chi connectivity index (χ1v) is 11.0. The monoisotopic (exact) mass is 450 g/mol. The fourth-order valence-corrected chi connectivity index (χ4v) is 3.89. The second-order valence-electron chi connectivity index (χ2n) is 8.32. The predicted molar refractivity (Wildman–Crippen MR) is 120 cm³/mol. The van der Waals surface area contributed by atoms with Gasteiger partial charge in [-0.25, -0.2) is 15.0 Å². The molecule has 1 aliphatic rings. The van der Waals surface area contributed by atoms with Crippen LogP contribution in [0.25, 0.3) is 16.9 Å². The second-order valence-corrected chi connectivity index (χ2v) is 8.32. The van der Waals surface area contributed by atoms with Crippen LogP contribution >= 0.6 is 0 Å². The Labute approximate surface area is 190 Å². The smallest absolute Gasteiger partial charge is 0.324 e. The zero-order valence-corrected chi connectivity index (χ0v) is 19.1. The number of aryl methyl sites for hydroxylation is 1. The van der Waals surface area contributed by atoms with Gasteiger partial charge in [-0.2, -0.15) is 9.97 Å². The average molecular weight is 451 g/mol. The molecule has 172 valence electrons. The van der Waals surface area contributed by atoms with E-state index in [1.54, 1.807) is 13.4 Å². The van der Waals surface area contributed by atoms with Crippen molar-refractivity contribution >= 4 is 17.2 Å². The van der Waals surface area contributed by atoms with E-state index in [2.05, 4.69) is 35.0 Å². The summed E-state index contributed by atoms with van der Waals surface area (Å²) in [5, 5.41) is 4.06. The third-order valence-electron chi connectivity index (χ3n) is 5.74. The molecule has 11 heteroatoms. The van der Waals surface area contributed by atoms with Crippen molar-refractivity contribution in [1.82, 2.24) is 34.6 Å². The molecule has 11 nitrogen and oxygen atoms in total. The molecule has 0 saturated carbocycles. The molecule has 0 aromatic carbocycles. The van der Waals surface area contributed by atoms with Crippen LogP contribution < -0.4 is 14.4 Å². The van der Waals surface area contributed by atoms with Gasteiger partial charge in [0, 0.05) is 37.9 Å². The predicted octanol–water partition coefficient (Wildman–Crippen LogP) is 3.08. The first-order valence-electron chi connectivity index (χ1n) is 11.0. The van der Waals surface area contributed by atoms with Gasteiger partial charge in [0.15, 0.2) is 17.0 Å². The number of imidazole rings is 1. The van der Waals surface area contributed by atoms with E-state index in [0.717, 1.165) is 43.1 Å². The van der Waals surface area contributed by atoms with E-state index >= 15 is 0 Å². The fraction of sp³-hybridized carbons (Fsp3) is 0.455. The van der Waals surface area contributed by atoms with E-state index in [0.29, 0.717) is 28.9 Å². The maximum atomic E-state index is 6.26. The molecule has 1 aliphatic heterocycles. The zero-order valence-electron chi connectivity index (χ0n) is 19.1. The number of piperidine rings is 1. The molecule has 0 N–H and O–H groups in total. The Bertz CT molecular complexity index is 1260. The Balaban J connectivity index is 1.31. The largest absolute Gasteiger partial charge is 0.481 e. The van der Waals surface area contributed by atoms with Gasteiger partial charge in [0.1, 0.15) is 18.8 Å². The SMILES string of the molecule is COc1ccc(-n2cnc3c(OC4CCN(c5nc(C(C)C)no5)CC4)ncnc32)c(C)n1. The van der Waals surface area contributed by atoms with Gasteiger partial charge in [-0.05, 0) is 13.0 Å². The number of pyridine rings is 1. The van der Waals surface area contributed by atoms with E-state index in [-0.39, 0.29) is 12.0 Å². The molecular weight excluding hydrogens is 424 g/mol. The first-order chi connectivity index (χ1) is 16.0. The van der Waals surface area contributed by atoms with Crippen LogP contribution in [-0.2, 0) is 0 Å². The molecule has 33 heavy (non-hydrogen) atoms. The van der Waals surface area contributed by atoms with Crippen LogP contribution in [0.2, 0.25) is 0 Å². The summed E-state index contributed by atoms with van der Waals surface area (Å²) in [6.07, 6.45) is 4.86. The number of methoxy groups -OCH3 is 1. The van der Waals surface area contributed by atoms with Gasteiger partial charge in [0.2, 0.25) is 11.8 Å². The van der Waals surface area contributed by atoms with E-state index in [9.17, 15) is 0 Å². The van der Waals surface area contributed by atoms with Gasteiger partial charge in [0.25, 0.3) is 0 Å². The van der Waals surface area contributed by atoms with Crippen molar-refractivity contribution in [2.24, 2.45) is 0 Å². The quantitative estimate of drug-likeness (QED) is 0.434. The molecule has 0 bridgehead atoms. The summed E-state index contributed by atoms with van der Waals surface area (Å²) in [6, 6.07) is 4.32. The zero-order chi connectivity index (χ0) is 22.9. The standard InChI is InChI=1S/C22H26N8O3/c1-13(2)19-27-22(33-28-19)29-9-7-15(8-10-29)32-21-18-20(23-11-24-21)30(12-25-18)16-5-6-17(31-4)26-14(16)3/h5-6,11-13,15H,7-10H2,1-4H3. The molecule has 0 aliphatic carbocycles. The third kappa shape index (κ3) is 4.06. The van der Waals surface area contributed by atoms with Gasteiger partial charge in [0.05, 0.1) is 18.5 Å². The number of ether oxygens (including phenoxy) is 2. The van der Waals surface area contributed by atoms with E-state index < -0.39 is 0 Å². The maximum Gasteiger partial charge on any atom is 0.324 e. The highest BCUT2D eigenvalue weighted by atomic mass is 16.5. The summed E-state index contributed by atoms with van der Waals surface area (Å²) in [5.74, 6) is 2.01. The Morgan fingerprint density at radius 1 is 1.09 bits per heavy atom. The van der Waals surface area contributed by atoms with E-state index in [4.69, 9.17) is 14.0 Å². The van der Waals surface area contributed by atoms with Crippen molar-refractivity contribution in [3.63, 3.8) is 0 Å². The van der Waals surface area contributed by atoms with Crippen molar-refractivity contribution in [2.45, 2.75) is 45.6 Å². The highest BCUT2D eigenvalue weighted by Gasteiger charge is 2.26. The van der Waals surface area contributed by atoms with Crippen LogP contribution in [-0.4, -0.2) is 60.9 Å². The van der Waals surface area contributed by atoms with Crippen molar-refractivity contribution < 1.29 is 14.0 Å². The number of hydrogen-bond acceptors (Lipinski definition) is 10. The molecule has 4 aromatic rings. The summed E-state index contributed by atoms with van der Waals surface area (Å²) in [5.41, 5.74) is 2.97. The van der Waals surface area contributed by atoms with Gasteiger partial charge >= 0.3 is 6.01 Å². The molecule has 5 heterocycles. The molecule has 0 unspecified atom stereocenters. The molecule has 1 saturated heterocycles. The average Bonchev–Trinajstić information content (AvgIpc) is 3.48. The minimum atomic E-state index is 0.0152. The molecule has 0 spiro atoms. The summed E-state index contributed by atoms with van der Waals surface area (Å²) >= 11 is 0. The van der Waals surface area contributed by atoms with E-state index in [1.165, 1.54) is 6.33 Å². The number of aromatic nitrogens is 7. The lowest BCUT2D eigenvalue weighted by atomic mass is 10.1. The minimum absolute atomic E-state index is 0.0152. The van der Waals surface area contributed by atoms with Gasteiger partial charge < -0.3 is 18.9 Å². The number of hydrogen-bond donors (Lipinski definition) is 0. The van der Waals surface area contributed by atoms with Crippen LogP contribution in [0.1, 0.15) is 44.1 Å².